The Morgan fingerprint density at radius 1 is 1.13 bits per heavy atom. The van der Waals surface area contributed by atoms with Crippen LogP contribution in [0.2, 0.25) is 5.02 Å². The first kappa shape index (κ1) is 21.3. The van der Waals surface area contributed by atoms with Gasteiger partial charge in [-0.3, -0.25) is 9.36 Å². The maximum Gasteiger partial charge on any atom is 0.250 e. The highest BCUT2D eigenvalue weighted by Crippen LogP contribution is 2.28. The summed E-state index contributed by atoms with van der Waals surface area (Å²) >= 11 is 8.94. The number of thioether (sulfide) groups is 1. The highest BCUT2D eigenvalue weighted by molar-refractivity contribution is 7.99. The lowest BCUT2D eigenvalue weighted by Crippen LogP contribution is -2.19. The Bertz CT molecular complexity index is 1200. The van der Waals surface area contributed by atoms with Gasteiger partial charge >= 0.3 is 0 Å². The fraction of sp³-hybridized carbons (Fsp3) is 0.0909. The third kappa shape index (κ3) is 5.41. The number of carbonyl (C=O) groups excluding carboxylic acids is 1. The fourth-order valence-corrected chi connectivity index (χ4v) is 4.43. The van der Waals surface area contributed by atoms with Crippen LogP contribution in [0.25, 0.3) is 17.1 Å². The maximum atomic E-state index is 12.3. The van der Waals surface area contributed by atoms with E-state index in [0.29, 0.717) is 16.0 Å². The number of aryl methyl sites for hydroxylation is 1. The molecule has 1 N–H and O–H groups in total. The van der Waals surface area contributed by atoms with Crippen molar-refractivity contribution in [2.45, 2.75) is 12.1 Å². The van der Waals surface area contributed by atoms with Gasteiger partial charge < -0.3 is 0 Å². The summed E-state index contributed by atoms with van der Waals surface area (Å²) in [7, 11) is 0. The Balaban J connectivity index is 1.50. The zero-order valence-corrected chi connectivity index (χ0v) is 18.9. The van der Waals surface area contributed by atoms with Gasteiger partial charge in [-0.25, -0.2) is 5.43 Å². The van der Waals surface area contributed by atoms with Gasteiger partial charge in [0.05, 0.1) is 12.0 Å². The van der Waals surface area contributed by atoms with Crippen molar-refractivity contribution in [3.8, 4) is 17.1 Å². The summed E-state index contributed by atoms with van der Waals surface area (Å²) in [5.74, 6) is 0.619. The summed E-state index contributed by atoms with van der Waals surface area (Å²) in [4.78, 5) is 14.4. The molecule has 0 radical (unpaired) electrons. The van der Waals surface area contributed by atoms with Crippen LogP contribution < -0.4 is 5.43 Å². The first-order valence-corrected chi connectivity index (χ1v) is 11.6. The van der Waals surface area contributed by atoms with Crippen LogP contribution in [0.5, 0.6) is 0 Å². The van der Waals surface area contributed by atoms with Crippen molar-refractivity contribution in [3.63, 3.8) is 0 Å². The molecule has 0 spiro atoms. The lowest BCUT2D eigenvalue weighted by atomic mass is 10.2. The topological polar surface area (TPSA) is 72.2 Å². The molecule has 0 fully saturated rings. The molecular formula is C22H18ClN5OS2. The van der Waals surface area contributed by atoms with Crippen molar-refractivity contribution in [3.05, 3.63) is 81.5 Å². The predicted octanol–water partition coefficient (Wildman–Crippen LogP) is 5.20. The largest absolute Gasteiger partial charge is 0.272 e. The van der Waals surface area contributed by atoms with Gasteiger partial charge in [-0.2, -0.15) is 5.10 Å². The van der Waals surface area contributed by atoms with Crippen LogP contribution in [0.4, 0.5) is 0 Å². The number of para-hydroxylation sites is 1. The van der Waals surface area contributed by atoms with E-state index < -0.39 is 0 Å². The van der Waals surface area contributed by atoms with Gasteiger partial charge in [0.1, 0.15) is 0 Å². The third-order valence-corrected chi connectivity index (χ3v) is 6.34. The number of carbonyl (C=O) groups is 1. The number of nitrogens with one attached hydrogen (secondary N) is 1. The van der Waals surface area contributed by atoms with E-state index in [0.717, 1.165) is 16.1 Å². The second kappa shape index (κ2) is 9.91. The molecule has 4 aromatic rings. The van der Waals surface area contributed by atoms with Crippen molar-refractivity contribution in [2.24, 2.45) is 5.10 Å². The molecular weight excluding hydrogens is 450 g/mol. The number of rotatable bonds is 7. The van der Waals surface area contributed by atoms with Crippen LogP contribution in [0.3, 0.4) is 0 Å². The Morgan fingerprint density at radius 2 is 1.90 bits per heavy atom. The summed E-state index contributed by atoms with van der Waals surface area (Å²) in [5, 5.41) is 14.0. The number of aromatic nitrogens is 3. The van der Waals surface area contributed by atoms with Crippen molar-refractivity contribution in [1.29, 1.82) is 0 Å². The number of hydrogen-bond acceptors (Lipinski definition) is 6. The van der Waals surface area contributed by atoms with E-state index in [2.05, 4.69) is 20.7 Å². The van der Waals surface area contributed by atoms with Gasteiger partial charge in [0.25, 0.3) is 5.91 Å². The van der Waals surface area contributed by atoms with Crippen LogP contribution in [-0.2, 0) is 4.79 Å². The molecule has 0 aliphatic heterocycles. The number of halogens is 1. The SMILES string of the molecule is Cc1ccc(/C=N\NC(=O)CSc2nnc(-c3ccc(Cl)cc3)n2-c2ccccc2)s1. The van der Waals surface area contributed by atoms with Crippen LogP contribution in [-0.4, -0.2) is 32.6 Å². The molecule has 0 atom stereocenters. The zero-order valence-electron chi connectivity index (χ0n) is 16.5. The number of hydrazone groups is 1. The summed E-state index contributed by atoms with van der Waals surface area (Å²) in [5.41, 5.74) is 4.35. The lowest BCUT2D eigenvalue weighted by molar-refractivity contribution is -0.118. The van der Waals surface area contributed by atoms with Gasteiger partial charge in [0.15, 0.2) is 11.0 Å². The average Bonchev–Trinajstić information content (AvgIpc) is 3.39. The lowest BCUT2D eigenvalue weighted by Gasteiger charge is -2.10. The molecule has 0 saturated heterocycles. The Labute approximate surface area is 193 Å². The highest BCUT2D eigenvalue weighted by Gasteiger charge is 2.17. The summed E-state index contributed by atoms with van der Waals surface area (Å²) in [6.45, 7) is 2.03. The Morgan fingerprint density at radius 3 is 2.61 bits per heavy atom. The predicted molar refractivity (Wildman–Crippen MR) is 127 cm³/mol. The molecule has 9 heteroatoms. The normalized spacial score (nSPS) is 11.2. The van der Waals surface area contributed by atoms with Gasteiger partial charge in [-0.1, -0.05) is 41.6 Å². The molecule has 0 aliphatic carbocycles. The second-order valence-electron chi connectivity index (χ2n) is 6.51. The van der Waals surface area contributed by atoms with Crippen molar-refractivity contribution in [1.82, 2.24) is 20.2 Å². The number of hydrogen-bond donors (Lipinski definition) is 1. The number of benzene rings is 2. The van der Waals surface area contributed by atoms with Gasteiger partial charge in [-0.15, -0.1) is 21.5 Å². The Kier molecular flexibility index (Phi) is 6.81. The monoisotopic (exact) mass is 467 g/mol. The van der Waals surface area contributed by atoms with Crippen LogP contribution in [0, 0.1) is 6.92 Å². The average molecular weight is 468 g/mol. The molecule has 6 nitrogen and oxygen atoms in total. The minimum atomic E-state index is -0.217. The van der Waals surface area contributed by atoms with Gasteiger partial charge in [0, 0.05) is 26.0 Å². The van der Waals surface area contributed by atoms with Crippen LogP contribution in [0.1, 0.15) is 9.75 Å². The standard InChI is InChI=1S/C22H18ClN5OS2/c1-15-7-12-19(31-15)13-24-25-20(29)14-30-22-27-26-21(16-8-10-17(23)11-9-16)28(22)18-5-3-2-4-6-18/h2-13H,14H2,1H3,(H,25,29)/b24-13-. The van der Waals surface area contributed by atoms with Gasteiger partial charge in [-0.05, 0) is 55.5 Å². The molecule has 1 amide bonds. The minimum Gasteiger partial charge on any atom is -0.272 e. The van der Waals surface area contributed by atoms with E-state index in [1.165, 1.54) is 16.6 Å². The van der Waals surface area contributed by atoms with E-state index in [-0.39, 0.29) is 11.7 Å². The summed E-state index contributed by atoms with van der Waals surface area (Å²) < 4.78 is 1.93. The molecule has 2 aromatic heterocycles. The third-order valence-electron chi connectivity index (χ3n) is 4.22. The molecule has 0 unspecified atom stereocenters. The molecule has 156 valence electrons. The minimum absolute atomic E-state index is 0.159. The van der Waals surface area contributed by atoms with Crippen LogP contribution in [0.15, 0.2) is 77.0 Å². The smallest absolute Gasteiger partial charge is 0.250 e. The first-order valence-electron chi connectivity index (χ1n) is 9.38. The first-order chi connectivity index (χ1) is 15.1. The maximum absolute atomic E-state index is 12.3. The van der Waals surface area contributed by atoms with E-state index in [4.69, 9.17) is 11.6 Å². The molecule has 0 aliphatic rings. The fourth-order valence-electron chi connectivity index (χ4n) is 2.81. The van der Waals surface area contributed by atoms with Gasteiger partial charge in [0.2, 0.25) is 0 Å². The van der Waals surface area contributed by atoms with Crippen molar-refractivity contribution in [2.75, 3.05) is 5.75 Å². The molecule has 31 heavy (non-hydrogen) atoms. The number of thiophene rings is 1. The second-order valence-corrected chi connectivity index (χ2v) is 9.21. The molecule has 2 heterocycles. The molecule has 2 aromatic carbocycles. The Hall–Kier alpha value is -2.94. The molecule has 0 bridgehead atoms. The van der Waals surface area contributed by atoms with Crippen molar-refractivity contribution < 1.29 is 4.79 Å². The van der Waals surface area contributed by atoms with E-state index >= 15 is 0 Å². The van der Waals surface area contributed by atoms with E-state index in [9.17, 15) is 4.79 Å². The number of nitrogens with zero attached hydrogens (tertiary/aromatic N) is 4. The highest BCUT2D eigenvalue weighted by atomic mass is 35.5. The summed E-state index contributed by atoms with van der Waals surface area (Å²) in [6, 6.07) is 21.2. The van der Waals surface area contributed by atoms with E-state index in [1.807, 2.05) is 78.2 Å². The van der Waals surface area contributed by atoms with Crippen molar-refractivity contribution >= 4 is 46.8 Å². The summed E-state index contributed by atoms with van der Waals surface area (Å²) in [6.07, 6.45) is 1.64. The van der Waals surface area contributed by atoms with Crippen LogP contribution >= 0.6 is 34.7 Å². The zero-order chi connectivity index (χ0) is 21.6. The van der Waals surface area contributed by atoms with E-state index in [1.54, 1.807) is 17.6 Å². The molecule has 0 saturated carbocycles. The quantitative estimate of drug-likeness (QED) is 0.230. The number of amides is 1. The molecule has 4 rings (SSSR count).